The predicted octanol–water partition coefficient (Wildman–Crippen LogP) is 16.4. The van der Waals surface area contributed by atoms with Crippen molar-refractivity contribution in [2.45, 2.75) is 19.3 Å². The number of fused-ring (bicyclic) bond motifs is 9. The third-order valence-corrected chi connectivity index (χ3v) is 13.8. The maximum Gasteiger partial charge on any atom is 0.164 e. The highest BCUT2D eigenvalue weighted by Crippen LogP contribution is 2.50. The van der Waals surface area contributed by atoms with Gasteiger partial charge in [-0.25, -0.2) is 15.0 Å². The van der Waals surface area contributed by atoms with E-state index in [2.05, 4.69) is 220 Å². The Kier molecular flexibility index (Phi) is 8.53. The zero-order valence-electron chi connectivity index (χ0n) is 36.5. The zero-order chi connectivity index (χ0) is 43.9. The predicted molar refractivity (Wildman–Crippen MR) is 272 cm³/mol. The summed E-state index contributed by atoms with van der Waals surface area (Å²) in [5.74, 6) is 1.79. The molecule has 2 heterocycles. The first-order valence-electron chi connectivity index (χ1n) is 22.6. The first-order chi connectivity index (χ1) is 32.4. The topological polar surface area (TPSA) is 51.8 Å². The lowest BCUT2D eigenvalue weighted by Gasteiger charge is -2.21. The molecule has 0 radical (unpaired) electrons. The van der Waals surface area contributed by atoms with Crippen LogP contribution in [0.15, 0.2) is 217 Å². The molecule has 0 N–H and O–H groups in total. The molecule has 0 fully saturated rings. The lowest BCUT2D eigenvalue weighted by Crippen LogP contribution is -2.14. The quantitative estimate of drug-likeness (QED) is 0.167. The summed E-state index contributed by atoms with van der Waals surface area (Å²) in [6.07, 6.45) is 0. The van der Waals surface area contributed by atoms with E-state index in [9.17, 15) is 0 Å². The third-order valence-electron chi connectivity index (χ3n) is 13.8. The van der Waals surface area contributed by atoms with Crippen LogP contribution in [0.4, 0.5) is 0 Å². The molecule has 4 nitrogen and oxygen atoms in total. The maximum atomic E-state index is 7.03. The van der Waals surface area contributed by atoms with Crippen LogP contribution in [0, 0.1) is 0 Å². The molecule has 4 heteroatoms. The average Bonchev–Trinajstić information content (AvgIpc) is 3.88. The number of hydrogen-bond donors (Lipinski definition) is 0. The molecular weight excluding hydrogens is 803 g/mol. The molecule has 0 saturated heterocycles. The van der Waals surface area contributed by atoms with Gasteiger partial charge >= 0.3 is 0 Å². The van der Waals surface area contributed by atoms with E-state index < -0.39 is 0 Å². The monoisotopic (exact) mass is 843 g/mol. The fourth-order valence-electron chi connectivity index (χ4n) is 10.3. The van der Waals surface area contributed by atoms with Gasteiger partial charge in [0.1, 0.15) is 11.2 Å². The average molecular weight is 844 g/mol. The van der Waals surface area contributed by atoms with Gasteiger partial charge in [-0.1, -0.05) is 208 Å². The fourth-order valence-corrected chi connectivity index (χ4v) is 10.3. The molecule has 12 aromatic rings. The van der Waals surface area contributed by atoms with E-state index in [4.69, 9.17) is 19.4 Å². The lowest BCUT2D eigenvalue weighted by molar-refractivity contribution is 0.660. The van der Waals surface area contributed by atoms with E-state index in [1.807, 2.05) is 6.07 Å². The molecule has 0 aliphatic heterocycles. The van der Waals surface area contributed by atoms with Gasteiger partial charge in [0.25, 0.3) is 0 Å². The van der Waals surface area contributed by atoms with Gasteiger partial charge in [0, 0.05) is 38.4 Å². The summed E-state index contributed by atoms with van der Waals surface area (Å²) >= 11 is 0. The second kappa shape index (κ2) is 14.8. The number of benzene rings is 10. The van der Waals surface area contributed by atoms with E-state index in [0.717, 1.165) is 82.8 Å². The number of aromatic nitrogens is 3. The summed E-state index contributed by atoms with van der Waals surface area (Å²) in [5, 5.41) is 6.73. The SMILES string of the molecule is CC1(C)c2ccccc2-c2cc(-c3cccc4c3oc3cc(-c5nc(-c6ccc(-c7ccccc7)cc6)nc(-c6ccc(-c7ccc8ccccc8c7)cc6)n5)c5ccccc5c34)ccc21. The van der Waals surface area contributed by atoms with E-state index >= 15 is 0 Å². The van der Waals surface area contributed by atoms with E-state index in [0.29, 0.717) is 17.5 Å². The number of furan rings is 1. The number of nitrogens with zero attached hydrogens (tertiary/aromatic N) is 3. The Hall–Kier alpha value is -8.47. The van der Waals surface area contributed by atoms with Crippen LogP contribution in [0.5, 0.6) is 0 Å². The van der Waals surface area contributed by atoms with Gasteiger partial charge in [-0.2, -0.15) is 0 Å². The van der Waals surface area contributed by atoms with Crippen molar-refractivity contribution in [1.82, 2.24) is 15.0 Å². The minimum Gasteiger partial charge on any atom is -0.455 e. The Balaban J connectivity index is 0.969. The molecule has 0 spiro atoms. The minimum atomic E-state index is -0.0626. The first kappa shape index (κ1) is 38.0. The molecule has 1 aliphatic carbocycles. The molecule has 0 amide bonds. The maximum absolute atomic E-state index is 7.03. The van der Waals surface area contributed by atoms with Crippen LogP contribution in [0.3, 0.4) is 0 Å². The minimum absolute atomic E-state index is 0.0626. The molecule has 0 saturated carbocycles. The highest BCUT2D eigenvalue weighted by molar-refractivity contribution is 6.23. The second-order valence-corrected chi connectivity index (χ2v) is 17.9. The van der Waals surface area contributed by atoms with Crippen LogP contribution < -0.4 is 0 Å². The van der Waals surface area contributed by atoms with Crippen LogP contribution in [-0.2, 0) is 5.41 Å². The van der Waals surface area contributed by atoms with Crippen molar-refractivity contribution in [3.05, 3.63) is 223 Å². The highest BCUT2D eigenvalue weighted by Gasteiger charge is 2.35. The summed E-state index contributed by atoms with van der Waals surface area (Å²) in [5.41, 5.74) is 16.4. The Morgan fingerprint density at radius 2 is 0.879 bits per heavy atom. The van der Waals surface area contributed by atoms with Crippen molar-refractivity contribution in [1.29, 1.82) is 0 Å². The summed E-state index contributed by atoms with van der Waals surface area (Å²) in [6.45, 7) is 4.64. The Morgan fingerprint density at radius 3 is 1.65 bits per heavy atom. The van der Waals surface area contributed by atoms with Crippen molar-refractivity contribution in [2.24, 2.45) is 0 Å². The largest absolute Gasteiger partial charge is 0.455 e. The third kappa shape index (κ3) is 6.10. The highest BCUT2D eigenvalue weighted by atomic mass is 16.3. The smallest absolute Gasteiger partial charge is 0.164 e. The summed E-state index contributed by atoms with van der Waals surface area (Å²) in [4.78, 5) is 15.7. The van der Waals surface area contributed by atoms with Crippen LogP contribution in [0.2, 0.25) is 0 Å². The van der Waals surface area contributed by atoms with Gasteiger partial charge in [-0.15, -0.1) is 0 Å². The van der Waals surface area contributed by atoms with Gasteiger partial charge in [-0.3, -0.25) is 0 Å². The van der Waals surface area contributed by atoms with Crippen LogP contribution in [0.25, 0.3) is 122 Å². The zero-order valence-corrected chi connectivity index (χ0v) is 36.5. The van der Waals surface area contributed by atoms with Crippen molar-refractivity contribution in [3.8, 4) is 78.7 Å². The molecule has 13 rings (SSSR count). The fraction of sp³-hybridized carbons (Fsp3) is 0.0484. The van der Waals surface area contributed by atoms with Crippen molar-refractivity contribution in [3.63, 3.8) is 0 Å². The first-order valence-corrected chi connectivity index (χ1v) is 22.6. The Bertz CT molecular complexity index is 3880. The molecule has 1 aliphatic rings. The van der Waals surface area contributed by atoms with E-state index in [1.165, 1.54) is 33.0 Å². The summed E-state index contributed by atoms with van der Waals surface area (Å²) in [7, 11) is 0. The van der Waals surface area contributed by atoms with E-state index in [-0.39, 0.29) is 5.41 Å². The van der Waals surface area contributed by atoms with Crippen molar-refractivity contribution < 1.29 is 4.42 Å². The molecule has 0 unspecified atom stereocenters. The molecule has 66 heavy (non-hydrogen) atoms. The number of rotatable bonds is 6. The molecule has 10 aromatic carbocycles. The molecule has 2 aromatic heterocycles. The van der Waals surface area contributed by atoms with Crippen LogP contribution in [0.1, 0.15) is 25.0 Å². The molecular formula is C62H41N3O. The summed E-state index contributed by atoms with van der Waals surface area (Å²) in [6, 6.07) is 75.5. The van der Waals surface area contributed by atoms with Crippen molar-refractivity contribution >= 4 is 43.5 Å². The van der Waals surface area contributed by atoms with Gasteiger partial charge < -0.3 is 4.42 Å². The van der Waals surface area contributed by atoms with E-state index in [1.54, 1.807) is 0 Å². The van der Waals surface area contributed by atoms with Gasteiger partial charge in [0.2, 0.25) is 0 Å². The van der Waals surface area contributed by atoms with Crippen LogP contribution in [-0.4, -0.2) is 15.0 Å². The molecule has 310 valence electrons. The Labute approximate surface area is 382 Å². The van der Waals surface area contributed by atoms with Crippen LogP contribution >= 0.6 is 0 Å². The molecule has 0 bridgehead atoms. The van der Waals surface area contributed by atoms with Gasteiger partial charge in [0.05, 0.1) is 0 Å². The Morgan fingerprint density at radius 1 is 0.333 bits per heavy atom. The molecule has 0 atom stereocenters. The second-order valence-electron chi connectivity index (χ2n) is 17.9. The normalized spacial score (nSPS) is 12.8. The standard InChI is InChI=1S/C62H41N3O/c1-62(2)54-22-11-10-18-49(54)52-36-46(33-34-55(52)62)47-20-12-21-51-57-50-19-9-8-17-48(50)53(37-56(57)66-58(47)51)61-64-59(42-28-23-40(24-29-42)38-13-4-3-5-14-38)63-60(65-61)43-30-25-41(26-31-43)45-32-27-39-15-6-7-16-44(39)35-45/h3-37H,1-2H3. The number of para-hydroxylation sites is 1. The van der Waals surface area contributed by atoms with Gasteiger partial charge in [0.15, 0.2) is 17.5 Å². The van der Waals surface area contributed by atoms with Crippen molar-refractivity contribution in [2.75, 3.05) is 0 Å². The summed E-state index contributed by atoms with van der Waals surface area (Å²) < 4.78 is 7.03. The lowest BCUT2D eigenvalue weighted by atomic mass is 9.82. The van der Waals surface area contributed by atoms with Gasteiger partial charge in [-0.05, 0) is 89.8 Å². The number of hydrogen-bond acceptors (Lipinski definition) is 4.